The van der Waals surface area contributed by atoms with Crippen LogP contribution in [0.5, 0.6) is 0 Å². The summed E-state index contributed by atoms with van der Waals surface area (Å²) >= 11 is 13.8. The van der Waals surface area contributed by atoms with Crippen LogP contribution in [0.25, 0.3) is 0 Å². The second-order valence-corrected chi connectivity index (χ2v) is 9.93. The summed E-state index contributed by atoms with van der Waals surface area (Å²) in [5, 5.41) is 1.06. The van der Waals surface area contributed by atoms with Crippen molar-refractivity contribution < 1.29 is 13.2 Å². The van der Waals surface area contributed by atoms with E-state index in [0.29, 0.717) is 33.7 Å². The molecule has 2 heterocycles. The van der Waals surface area contributed by atoms with Crippen molar-refractivity contribution in [1.29, 1.82) is 0 Å². The Morgan fingerprint density at radius 2 is 2.12 bits per heavy atom. The van der Waals surface area contributed by atoms with Crippen molar-refractivity contribution in [3.05, 3.63) is 28.2 Å². The average Bonchev–Trinajstić information content (AvgIpc) is 2.94. The maximum Gasteiger partial charge on any atom is 0.248 e. The second-order valence-electron chi connectivity index (χ2n) is 5.78. The molecule has 0 spiro atoms. The molecule has 130 valence electrons. The van der Waals surface area contributed by atoms with Crippen LogP contribution in [-0.4, -0.2) is 42.3 Å². The first-order chi connectivity index (χ1) is 11.3. The minimum atomic E-state index is -3.11. The van der Waals surface area contributed by atoms with E-state index in [1.165, 1.54) is 11.8 Å². The van der Waals surface area contributed by atoms with Crippen LogP contribution < -0.4 is 4.90 Å². The summed E-state index contributed by atoms with van der Waals surface area (Å²) in [4.78, 5) is 17.9. The molecule has 2 unspecified atom stereocenters. The first-order valence-electron chi connectivity index (χ1n) is 7.54. The summed E-state index contributed by atoms with van der Waals surface area (Å²) in [7, 11) is -3.11. The van der Waals surface area contributed by atoms with Gasteiger partial charge in [-0.1, -0.05) is 48.0 Å². The van der Waals surface area contributed by atoms with Crippen molar-refractivity contribution in [2.75, 3.05) is 16.4 Å². The van der Waals surface area contributed by atoms with E-state index in [4.69, 9.17) is 23.2 Å². The number of benzene rings is 1. The van der Waals surface area contributed by atoms with Crippen molar-refractivity contribution in [3.8, 4) is 0 Å². The van der Waals surface area contributed by atoms with Crippen molar-refractivity contribution in [3.63, 3.8) is 0 Å². The number of hydrogen-bond donors (Lipinski definition) is 0. The Hall–Kier alpha value is -0.760. The minimum Gasteiger partial charge on any atom is -0.314 e. The van der Waals surface area contributed by atoms with Gasteiger partial charge in [-0.15, -0.1) is 0 Å². The Kier molecular flexibility index (Phi) is 5.16. The monoisotopic (exact) mass is 406 g/mol. The highest BCUT2D eigenvalue weighted by Gasteiger charge is 2.49. The number of nitrogens with zero attached hydrogens (tertiary/aromatic N) is 2. The Balaban J connectivity index is 2.05. The average molecular weight is 407 g/mol. The lowest BCUT2D eigenvalue weighted by atomic mass is 10.2. The van der Waals surface area contributed by atoms with E-state index in [-0.39, 0.29) is 28.7 Å². The van der Waals surface area contributed by atoms with E-state index >= 15 is 0 Å². The summed E-state index contributed by atoms with van der Waals surface area (Å²) in [5.41, 5.74) is 0.587. The predicted molar refractivity (Wildman–Crippen MR) is 100 cm³/mol. The number of rotatable bonds is 3. The molecule has 0 N–H and O–H groups in total. The molecule has 0 bridgehead atoms. The van der Waals surface area contributed by atoms with Gasteiger partial charge in [-0.05, 0) is 18.6 Å². The number of sulfone groups is 1. The van der Waals surface area contributed by atoms with Gasteiger partial charge in [0.15, 0.2) is 15.0 Å². The Morgan fingerprint density at radius 3 is 2.83 bits per heavy atom. The van der Waals surface area contributed by atoms with Gasteiger partial charge in [0.05, 0.1) is 33.3 Å². The second kappa shape index (κ2) is 6.86. The number of aliphatic imine (C=N–C) groups is 1. The van der Waals surface area contributed by atoms with E-state index in [9.17, 15) is 13.2 Å². The molecule has 0 saturated carbocycles. The van der Waals surface area contributed by atoms with E-state index in [1.54, 1.807) is 23.1 Å². The van der Waals surface area contributed by atoms with Crippen molar-refractivity contribution in [2.24, 2.45) is 4.99 Å². The third-order valence-electron chi connectivity index (χ3n) is 3.94. The fourth-order valence-electron chi connectivity index (χ4n) is 2.90. The predicted octanol–water partition coefficient (Wildman–Crippen LogP) is 3.39. The first kappa shape index (κ1) is 18.0. The quantitative estimate of drug-likeness (QED) is 0.769. The highest BCUT2D eigenvalue weighted by Crippen LogP contribution is 2.44. The molecule has 9 heteroatoms. The zero-order valence-electron chi connectivity index (χ0n) is 12.9. The van der Waals surface area contributed by atoms with Gasteiger partial charge in [-0.2, -0.15) is 4.99 Å². The molecule has 1 aromatic carbocycles. The van der Waals surface area contributed by atoms with Crippen LogP contribution in [0.3, 0.4) is 0 Å². The van der Waals surface area contributed by atoms with E-state index in [2.05, 4.69) is 4.99 Å². The van der Waals surface area contributed by atoms with Crippen LogP contribution in [0.15, 0.2) is 23.2 Å². The maximum atomic E-state index is 12.0. The highest BCUT2D eigenvalue weighted by molar-refractivity contribution is 8.16. The van der Waals surface area contributed by atoms with Crippen LogP contribution in [0, 0.1) is 0 Å². The summed E-state index contributed by atoms with van der Waals surface area (Å²) in [6, 6.07) is 4.89. The van der Waals surface area contributed by atoms with Crippen molar-refractivity contribution >= 4 is 61.6 Å². The number of hydrogen-bond acceptors (Lipinski definition) is 4. The number of anilines is 1. The molecule has 1 aromatic rings. The third-order valence-corrected chi connectivity index (χ3v) is 7.96. The molecule has 2 aliphatic heterocycles. The topological polar surface area (TPSA) is 66.8 Å². The van der Waals surface area contributed by atoms with Gasteiger partial charge in [0.1, 0.15) is 0 Å². The van der Waals surface area contributed by atoms with E-state index in [1.807, 2.05) is 6.92 Å². The van der Waals surface area contributed by atoms with Gasteiger partial charge in [-0.25, -0.2) is 8.42 Å². The SMILES string of the molecule is CCCC(=O)N=C1SC2CS(=O)(=O)CC2N1c1cccc(Cl)c1Cl. The van der Waals surface area contributed by atoms with Gasteiger partial charge < -0.3 is 4.90 Å². The number of carbonyl (C=O) groups excluding carboxylic acids is 1. The lowest BCUT2D eigenvalue weighted by Gasteiger charge is -2.25. The smallest absolute Gasteiger partial charge is 0.248 e. The van der Waals surface area contributed by atoms with Crippen LogP contribution in [0.4, 0.5) is 5.69 Å². The van der Waals surface area contributed by atoms with Crippen molar-refractivity contribution in [2.45, 2.75) is 31.1 Å². The molecule has 5 nitrogen and oxygen atoms in total. The molecule has 0 radical (unpaired) electrons. The molecule has 2 atom stereocenters. The van der Waals surface area contributed by atoms with Crippen LogP contribution >= 0.6 is 35.0 Å². The zero-order chi connectivity index (χ0) is 17.5. The molecule has 24 heavy (non-hydrogen) atoms. The Bertz CT molecular complexity index is 811. The van der Waals surface area contributed by atoms with Crippen molar-refractivity contribution in [1.82, 2.24) is 0 Å². The normalized spacial score (nSPS) is 26.8. The number of amides is 1. The van der Waals surface area contributed by atoms with Crippen LogP contribution in [0.2, 0.25) is 10.0 Å². The molecule has 2 fully saturated rings. The largest absolute Gasteiger partial charge is 0.314 e. The number of carbonyl (C=O) groups is 1. The van der Waals surface area contributed by atoms with Gasteiger partial charge in [-0.3, -0.25) is 4.79 Å². The summed E-state index contributed by atoms with van der Waals surface area (Å²) in [6.45, 7) is 1.91. The number of fused-ring (bicyclic) bond motifs is 1. The van der Waals surface area contributed by atoms with Gasteiger partial charge >= 0.3 is 0 Å². The zero-order valence-corrected chi connectivity index (χ0v) is 16.1. The van der Waals surface area contributed by atoms with Crippen LogP contribution in [-0.2, 0) is 14.6 Å². The molecule has 2 aliphatic rings. The Morgan fingerprint density at radius 1 is 1.38 bits per heavy atom. The molecular weight excluding hydrogens is 391 g/mol. The minimum absolute atomic E-state index is 0.0223. The molecule has 2 saturated heterocycles. The number of amidine groups is 1. The highest BCUT2D eigenvalue weighted by atomic mass is 35.5. The molecule has 0 aliphatic carbocycles. The van der Waals surface area contributed by atoms with E-state index < -0.39 is 9.84 Å². The fourth-order valence-corrected chi connectivity index (χ4v) is 7.21. The Labute approximate surface area is 155 Å². The molecule has 1 amide bonds. The maximum absolute atomic E-state index is 12.0. The van der Waals surface area contributed by atoms with Gasteiger partial charge in [0.2, 0.25) is 5.91 Å². The summed E-state index contributed by atoms with van der Waals surface area (Å²) < 4.78 is 24.0. The van der Waals surface area contributed by atoms with Gasteiger partial charge in [0.25, 0.3) is 0 Å². The van der Waals surface area contributed by atoms with E-state index in [0.717, 1.165) is 0 Å². The molecular formula is C15H16Cl2N2O3S2. The summed E-state index contributed by atoms with van der Waals surface area (Å²) in [5.74, 6) is -0.113. The lowest BCUT2D eigenvalue weighted by Crippen LogP contribution is -2.38. The molecule has 0 aromatic heterocycles. The summed E-state index contributed by atoms with van der Waals surface area (Å²) in [6.07, 6.45) is 1.06. The first-order valence-corrected chi connectivity index (χ1v) is 11.0. The lowest BCUT2D eigenvalue weighted by molar-refractivity contribution is -0.117. The number of thioether (sulfide) groups is 1. The fraction of sp³-hybridized carbons (Fsp3) is 0.467. The molecule has 3 rings (SSSR count). The third kappa shape index (κ3) is 3.45. The van der Waals surface area contributed by atoms with Crippen LogP contribution in [0.1, 0.15) is 19.8 Å². The van der Waals surface area contributed by atoms with Gasteiger partial charge in [0, 0.05) is 11.7 Å². The standard InChI is InChI=1S/C15H16Cl2N2O3S2/c1-2-4-13(20)18-15-19(10-6-3-5-9(16)14(10)17)11-7-24(21,22)8-12(11)23-15/h3,5-6,11-12H,2,4,7-8H2,1H3. The number of halogens is 2.